The Morgan fingerprint density at radius 1 is 1.06 bits per heavy atom. The topological polar surface area (TPSA) is 63.7 Å². The highest BCUT2D eigenvalue weighted by Crippen LogP contribution is 2.39. The minimum absolute atomic E-state index is 0.0734. The van der Waals surface area contributed by atoms with Crippen molar-refractivity contribution in [1.29, 1.82) is 0 Å². The summed E-state index contributed by atoms with van der Waals surface area (Å²) in [6, 6.07) is 15.9. The number of fused-ring (bicyclic) bond motifs is 2. The smallest absolute Gasteiger partial charge is 0.291 e. The van der Waals surface area contributed by atoms with Gasteiger partial charge < -0.3 is 13.7 Å². The Labute approximate surface area is 183 Å². The summed E-state index contributed by atoms with van der Waals surface area (Å²) in [7, 11) is 0. The van der Waals surface area contributed by atoms with Crippen LogP contribution in [0, 0.1) is 0 Å². The number of halogens is 1. The minimum atomic E-state index is -0.576. The first-order chi connectivity index (χ1) is 14.9. The first-order valence-corrected chi connectivity index (χ1v) is 10.5. The standard InChI is InChI=1S/C25H20ClNO4/c1-14(2)15-5-7-16(8-6-15)22-21-23(28)19-12-17(26)9-10-20(19)31-24(21)25(29)27(22)13-18-4-3-11-30-18/h3-12,14,22H,13H2,1-2H3/t22-/m0/s1. The van der Waals surface area contributed by atoms with E-state index in [2.05, 4.69) is 13.8 Å². The molecule has 156 valence electrons. The molecule has 1 amide bonds. The molecule has 0 bridgehead atoms. The van der Waals surface area contributed by atoms with E-state index in [1.165, 1.54) is 5.56 Å². The molecule has 0 radical (unpaired) electrons. The number of rotatable bonds is 4. The zero-order chi connectivity index (χ0) is 21.7. The number of nitrogens with zero attached hydrogens (tertiary/aromatic N) is 1. The van der Waals surface area contributed by atoms with E-state index < -0.39 is 6.04 Å². The highest BCUT2D eigenvalue weighted by atomic mass is 35.5. The second-order valence-electron chi connectivity index (χ2n) is 8.05. The van der Waals surface area contributed by atoms with Crippen molar-refractivity contribution in [2.45, 2.75) is 32.4 Å². The van der Waals surface area contributed by atoms with E-state index in [4.69, 9.17) is 20.4 Å². The zero-order valence-corrected chi connectivity index (χ0v) is 17.8. The minimum Gasteiger partial charge on any atom is -0.467 e. The molecule has 0 aliphatic carbocycles. The van der Waals surface area contributed by atoms with Crippen molar-refractivity contribution in [2.24, 2.45) is 0 Å². The Kier molecular flexibility index (Phi) is 4.71. The number of carbonyl (C=O) groups excluding carboxylic acids is 1. The van der Waals surface area contributed by atoms with Gasteiger partial charge in [-0.1, -0.05) is 49.7 Å². The van der Waals surface area contributed by atoms with Crippen LogP contribution in [0.3, 0.4) is 0 Å². The van der Waals surface area contributed by atoms with Gasteiger partial charge in [0.15, 0.2) is 5.43 Å². The van der Waals surface area contributed by atoms with E-state index in [9.17, 15) is 9.59 Å². The number of carbonyl (C=O) groups is 1. The third-order valence-electron chi connectivity index (χ3n) is 5.75. The van der Waals surface area contributed by atoms with Gasteiger partial charge in [-0.2, -0.15) is 0 Å². The lowest BCUT2D eigenvalue weighted by Crippen LogP contribution is -2.29. The molecule has 2 aromatic heterocycles. The average Bonchev–Trinajstić information content (AvgIpc) is 3.36. The molecule has 0 unspecified atom stereocenters. The normalized spacial score (nSPS) is 15.8. The van der Waals surface area contributed by atoms with E-state index in [0.717, 1.165) is 5.56 Å². The summed E-state index contributed by atoms with van der Waals surface area (Å²) >= 11 is 6.12. The van der Waals surface area contributed by atoms with Gasteiger partial charge >= 0.3 is 0 Å². The summed E-state index contributed by atoms with van der Waals surface area (Å²) in [6.45, 7) is 4.47. The van der Waals surface area contributed by atoms with Crippen molar-refractivity contribution >= 4 is 28.5 Å². The largest absolute Gasteiger partial charge is 0.467 e. The number of furan rings is 1. The van der Waals surface area contributed by atoms with Crippen molar-refractivity contribution in [3.8, 4) is 0 Å². The molecule has 3 heterocycles. The quantitative estimate of drug-likeness (QED) is 0.401. The van der Waals surface area contributed by atoms with Crippen LogP contribution in [-0.4, -0.2) is 10.8 Å². The van der Waals surface area contributed by atoms with Crippen molar-refractivity contribution in [3.05, 3.63) is 104 Å². The average molecular weight is 434 g/mol. The molecule has 4 aromatic rings. The van der Waals surface area contributed by atoms with Crippen LogP contribution < -0.4 is 5.43 Å². The van der Waals surface area contributed by atoms with Gasteiger partial charge in [0.25, 0.3) is 5.91 Å². The van der Waals surface area contributed by atoms with Gasteiger partial charge in [-0.15, -0.1) is 0 Å². The Bertz CT molecular complexity index is 1340. The van der Waals surface area contributed by atoms with Crippen LogP contribution in [0.4, 0.5) is 0 Å². The molecule has 0 fully saturated rings. The van der Waals surface area contributed by atoms with Crippen molar-refractivity contribution in [2.75, 3.05) is 0 Å². The fraction of sp³-hybridized carbons (Fsp3) is 0.200. The fourth-order valence-electron chi connectivity index (χ4n) is 4.14. The van der Waals surface area contributed by atoms with Gasteiger partial charge in [0.1, 0.15) is 11.3 Å². The van der Waals surface area contributed by atoms with Gasteiger partial charge in [0.2, 0.25) is 5.76 Å². The van der Waals surface area contributed by atoms with Crippen LogP contribution in [0.1, 0.15) is 58.8 Å². The second kappa shape index (κ2) is 7.43. The molecule has 0 N–H and O–H groups in total. The Hall–Kier alpha value is -3.31. The predicted molar refractivity (Wildman–Crippen MR) is 118 cm³/mol. The SMILES string of the molecule is CC(C)c1ccc([C@H]2c3c(oc4ccc(Cl)cc4c3=O)C(=O)N2Cc2ccco2)cc1. The monoisotopic (exact) mass is 433 g/mol. The maximum Gasteiger partial charge on any atom is 0.291 e. The predicted octanol–water partition coefficient (Wildman–Crippen LogP) is 5.91. The molecule has 5 rings (SSSR count). The highest BCUT2D eigenvalue weighted by Gasteiger charge is 2.43. The Morgan fingerprint density at radius 2 is 1.84 bits per heavy atom. The van der Waals surface area contributed by atoms with E-state index in [0.29, 0.717) is 33.2 Å². The number of hydrogen-bond donors (Lipinski definition) is 0. The molecule has 0 saturated carbocycles. The van der Waals surface area contributed by atoms with Crippen molar-refractivity contribution < 1.29 is 13.6 Å². The summed E-state index contributed by atoms with van der Waals surface area (Å²) in [5, 5.41) is 0.803. The molecule has 0 spiro atoms. The maximum absolute atomic E-state index is 13.5. The summed E-state index contributed by atoms with van der Waals surface area (Å²) in [4.78, 5) is 28.5. The van der Waals surface area contributed by atoms with Crippen LogP contribution in [0.15, 0.2) is 74.5 Å². The Balaban J connectivity index is 1.72. The van der Waals surface area contributed by atoms with Gasteiger partial charge in [0.05, 0.1) is 29.8 Å². The lowest BCUT2D eigenvalue weighted by molar-refractivity contribution is 0.0701. The molecule has 1 atom stereocenters. The molecule has 31 heavy (non-hydrogen) atoms. The summed E-state index contributed by atoms with van der Waals surface area (Å²) in [5.41, 5.74) is 2.46. The third kappa shape index (κ3) is 3.26. The summed E-state index contributed by atoms with van der Waals surface area (Å²) in [6.07, 6.45) is 1.56. The zero-order valence-electron chi connectivity index (χ0n) is 17.1. The van der Waals surface area contributed by atoms with Crippen LogP contribution >= 0.6 is 11.6 Å². The van der Waals surface area contributed by atoms with E-state index >= 15 is 0 Å². The molecular weight excluding hydrogens is 414 g/mol. The van der Waals surface area contributed by atoms with Crippen LogP contribution in [0.2, 0.25) is 5.02 Å². The van der Waals surface area contributed by atoms with E-state index in [-0.39, 0.29) is 23.6 Å². The highest BCUT2D eigenvalue weighted by molar-refractivity contribution is 6.31. The fourth-order valence-corrected chi connectivity index (χ4v) is 4.31. The van der Waals surface area contributed by atoms with Gasteiger partial charge in [-0.05, 0) is 47.4 Å². The van der Waals surface area contributed by atoms with Crippen molar-refractivity contribution in [1.82, 2.24) is 4.90 Å². The van der Waals surface area contributed by atoms with E-state index in [1.54, 1.807) is 41.5 Å². The van der Waals surface area contributed by atoms with Gasteiger partial charge in [-0.3, -0.25) is 9.59 Å². The van der Waals surface area contributed by atoms with Crippen molar-refractivity contribution in [3.63, 3.8) is 0 Å². The lowest BCUT2D eigenvalue weighted by Gasteiger charge is -2.24. The lowest BCUT2D eigenvalue weighted by atomic mass is 9.95. The van der Waals surface area contributed by atoms with Gasteiger partial charge in [0, 0.05) is 5.02 Å². The molecule has 1 aliphatic heterocycles. The first kappa shape index (κ1) is 19.6. The third-order valence-corrected chi connectivity index (χ3v) is 5.99. The van der Waals surface area contributed by atoms with Crippen LogP contribution in [0.5, 0.6) is 0 Å². The van der Waals surface area contributed by atoms with Crippen LogP contribution in [-0.2, 0) is 6.54 Å². The molecule has 0 saturated heterocycles. The van der Waals surface area contributed by atoms with E-state index in [1.807, 2.05) is 24.3 Å². The van der Waals surface area contributed by atoms with Crippen LogP contribution in [0.25, 0.3) is 11.0 Å². The first-order valence-electron chi connectivity index (χ1n) is 10.1. The number of amides is 1. The Morgan fingerprint density at radius 3 is 2.52 bits per heavy atom. The molecule has 5 nitrogen and oxygen atoms in total. The molecule has 6 heteroatoms. The molecule has 2 aromatic carbocycles. The molecule has 1 aliphatic rings. The number of hydrogen-bond acceptors (Lipinski definition) is 4. The summed E-state index contributed by atoms with van der Waals surface area (Å²) < 4.78 is 11.4. The van der Waals surface area contributed by atoms with Gasteiger partial charge in [-0.25, -0.2) is 0 Å². The second-order valence-corrected chi connectivity index (χ2v) is 8.49. The number of benzene rings is 2. The maximum atomic E-state index is 13.5. The summed E-state index contributed by atoms with van der Waals surface area (Å²) in [5.74, 6) is 0.745. The molecular formula is C25H20ClNO4.